The molecule has 2 aliphatic rings. The lowest BCUT2D eigenvalue weighted by atomic mass is 10.0. The third-order valence-corrected chi connectivity index (χ3v) is 3.09. The van der Waals surface area contributed by atoms with Crippen molar-refractivity contribution >= 4 is 5.97 Å². The Hall–Kier alpha value is -0.610. The first kappa shape index (κ1) is 10.9. The van der Waals surface area contributed by atoms with Gasteiger partial charge in [-0.1, -0.05) is 0 Å². The smallest absolute Gasteiger partial charge is 0.302 e. The average molecular weight is 214 g/mol. The fourth-order valence-corrected chi connectivity index (χ4v) is 2.43. The van der Waals surface area contributed by atoms with Crippen LogP contribution in [0.2, 0.25) is 0 Å². The van der Waals surface area contributed by atoms with Crippen LogP contribution in [0.15, 0.2) is 0 Å². The maximum atomic E-state index is 10.9. The summed E-state index contributed by atoms with van der Waals surface area (Å²) in [5.41, 5.74) is 0. The van der Waals surface area contributed by atoms with Crippen molar-refractivity contribution in [3.63, 3.8) is 0 Å². The Morgan fingerprint density at radius 1 is 1.33 bits per heavy atom. The molecule has 1 heterocycles. The van der Waals surface area contributed by atoms with Gasteiger partial charge in [-0.15, -0.1) is 0 Å². The highest BCUT2D eigenvalue weighted by Crippen LogP contribution is 2.33. The summed E-state index contributed by atoms with van der Waals surface area (Å²) in [5.74, 6) is 0.233. The van der Waals surface area contributed by atoms with Gasteiger partial charge in [0.15, 0.2) is 6.29 Å². The molecule has 2 fully saturated rings. The standard InChI is InChI=1S/C11H18O4/c1-8(12)15-10-4-2-3-9(10)7-11-13-5-6-14-11/h9-11H,2-7H2,1H3/t9-,10+/m1/s1. The third-order valence-electron chi connectivity index (χ3n) is 3.09. The summed E-state index contributed by atoms with van der Waals surface area (Å²) >= 11 is 0. The maximum absolute atomic E-state index is 10.9. The molecule has 0 amide bonds. The average Bonchev–Trinajstić information content (AvgIpc) is 2.78. The lowest BCUT2D eigenvalue weighted by Gasteiger charge is -2.21. The summed E-state index contributed by atoms with van der Waals surface area (Å²) in [5, 5.41) is 0. The topological polar surface area (TPSA) is 44.8 Å². The minimum absolute atomic E-state index is 0.0776. The summed E-state index contributed by atoms with van der Waals surface area (Å²) in [6, 6.07) is 0. The number of carbonyl (C=O) groups excluding carboxylic acids is 1. The van der Waals surface area contributed by atoms with E-state index in [0.29, 0.717) is 19.1 Å². The molecule has 1 saturated heterocycles. The van der Waals surface area contributed by atoms with E-state index in [1.807, 2.05) is 0 Å². The normalized spacial score (nSPS) is 32.1. The Morgan fingerprint density at radius 2 is 2.07 bits per heavy atom. The van der Waals surface area contributed by atoms with Gasteiger partial charge in [-0.2, -0.15) is 0 Å². The molecule has 4 heteroatoms. The van der Waals surface area contributed by atoms with E-state index in [9.17, 15) is 4.79 Å². The third kappa shape index (κ3) is 2.92. The van der Waals surface area contributed by atoms with E-state index in [1.165, 1.54) is 6.92 Å². The largest absolute Gasteiger partial charge is 0.462 e. The van der Waals surface area contributed by atoms with Crippen molar-refractivity contribution < 1.29 is 19.0 Å². The number of esters is 1. The van der Waals surface area contributed by atoms with E-state index in [2.05, 4.69) is 0 Å². The van der Waals surface area contributed by atoms with Crippen LogP contribution >= 0.6 is 0 Å². The molecule has 0 aromatic carbocycles. The van der Waals surface area contributed by atoms with Crippen molar-refractivity contribution in [2.75, 3.05) is 13.2 Å². The second-order valence-corrected chi connectivity index (χ2v) is 4.25. The molecule has 0 N–H and O–H groups in total. The molecule has 1 aliphatic heterocycles. The van der Waals surface area contributed by atoms with Crippen LogP contribution < -0.4 is 0 Å². The van der Waals surface area contributed by atoms with Crippen LogP contribution in [0.3, 0.4) is 0 Å². The van der Waals surface area contributed by atoms with Gasteiger partial charge < -0.3 is 14.2 Å². The summed E-state index contributed by atoms with van der Waals surface area (Å²) in [7, 11) is 0. The number of carbonyl (C=O) groups is 1. The summed E-state index contributed by atoms with van der Waals surface area (Å²) in [4.78, 5) is 10.9. The van der Waals surface area contributed by atoms with Crippen LogP contribution in [0.1, 0.15) is 32.6 Å². The van der Waals surface area contributed by atoms with Gasteiger partial charge in [0.05, 0.1) is 13.2 Å². The Kier molecular flexibility index (Phi) is 3.59. The van der Waals surface area contributed by atoms with Crippen molar-refractivity contribution in [3.05, 3.63) is 0 Å². The zero-order chi connectivity index (χ0) is 10.7. The molecule has 0 unspecified atom stereocenters. The predicted molar refractivity (Wildman–Crippen MR) is 53.2 cm³/mol. The van der Waals surface area contributed by atoms with Crippen molar-refractivity contribution in [1.29, 1.82) is 0 Å². The first-order valence-electron chi connectivity index (χ1n) is 5.66. The molecule has 0 radical (unpaired) electrons. The zero-order valence-electron chi connectivity index (χ0n) is 9.11. The highest BCUT2D eigenvalue weighted by Gasteiger charge is 2.33. The molecule has 0 spiro atoms. The Balaban J connectivity index is 1.81. The number of ether oxygens (including phenoxy) is 3. The van der Waals surface area contributed by atoms with Crippen LogP contribution in [0.25, 0.3) is 0 Å². The summed E-state index contributed by atoms with van der Waals surface area (Å²) in [6.45, 7) is 2.85. The van der Waals surface area contributed by atoms with Crippen molar-refractivity contribution in [2.45, 2.75) is 45.0 Å². The molecule has 0 aromatic rings. The Morgan fingerprint density at radius 3 is 2.73 bits per heavy atom. The predicted octanol–water partition coefficient (Wildman–Crippen LogP) is 1.48. The van der Waals surface area contributed by atoms with Gasteiger partial charge in [-0.05, 0) is 19.3 Å². The highest BCUT2D eigenvalue weighted by atomic mass is 16.7. The van der Waals surface area contributed by atoms with Gasteiger partial charge in [0.1, 0.15) is 6.10 Å². The lowest BCUT2D eigenvalue weighted by Crippen LogP contribution is -2.25. The van der Waals surface area contributed by atoms with E-state index in [1.54, 1.807) is 0 Å². The second-order valence-electron chi connectivity index (χ2n) is 4.25. The minimum atomic E-state index is -0.180. The number of hydrogen-bond donors (Lipinski definition) is 0. The van der Waals surface area contributed by atoms with Crippen LogP contribution in [0, 0.1) is 5.92 Å². The Bertz CT molecular complexity index is 223. The van der Waals surface area contributed by atoms with Crippen LogP contribution in [0.5, 0.6) is 0 Å². The van der Waals surface area contributed by atoms with E-state index in [-0.39, 0.29) is 18.4 Å². The van der Waals surface area contributed by atoms with Crippen LogP contribution in [0.4, 0.5) is 0 Å². The van der Waals surface area contributed by atoms with Gasteiger partial charge in [0.2, 0.25) is 0 Å². The maximum Gasteiger partial charge on any atom is 0.302 e. The number of hydrogen-bond acceptors (Lipinski definition) is 4. The highest BCUT2D eigenvalue weighted by molar-refractivity contribution is 5.66. The molecule has 2 atom stereocenters. The fraction of sp³-hybridized carbons (Fsp3) is 0.909. The number of rotatable bonds is 3. The van der Waals surface area contributed by atoms with E-state index < -0.39 is 0 Å². The van der Waals surface area contributed by atoms with E-state index in [0.717, 1.165) is 25.7 Å². The van der Waals surface area contributed by atoms with Crippen molar-refractivity contribution in [1.82, 2.24) is 0 Å². The molecule has 1 aliphatic carbocycles. The lowest BCUT2D eigenvalue weighted by molar-refractivity contribution is -0.150. The van der Waals surface area contributed by atoms with Crippen LogP contribution in [-0.4, -0.2) is 31.6 Å². The molecule has 1 saturated carbocycles. The van der Waals surface area contributed by atoms with E-state index in [4.69, 9.17) is 14.2 Å². The molecule has 86 valence electrons. The molecular weight excluding hydrogens is 196 g/mol. The van der Waals surface area contributed by atoms with Gasteiger partial charge in [-0.25, -0.2) is 0 Å². The SMILES string of the molecule is CC(=O)O[C@H]1CCC[C@@H]1CC1OCCO1. The van der Waals surface area contributed by atoms with Crippen molar-refractivity contribution in [3.8, 4) is 0 Å². The Labute approximate surface area is 89.9 Å². The molecule has 15 heavy (non-hydrogen) atoms. The summed E-state index contributed by atoms with van der Waals surface area (Å²) < 4.78 is 16.1. The molecule has 4 nitrogen and oxygen atoms in total. The minimum Gasteiger partial charge on any atom is -0.462 e. The van der Waals surface area contributed by atoms with E-state index >= 15 is 0 Å². The van der Waals surface area contributed by atoms with Gasteiger partial charge in [-0.3, -0.25) is 4.79 Å². The summed E-state index contributed by atoms with van der Waals surface area (Å²) in [6.07, 6.45) is 4.09. The first-order valence-corrected chi connectivity index (χ1v) is 5.66. The van der Waals surface area contributed by atoms with Gasteiger partial charge >= 0.3 is 5.97 Å². The quantitative estimate of drug-likeness (QED) is 0.667. The van der Waals surface area contributed by atoms with Crippen LogP contribution in [-0.2, 0) is 19.0 Å². The fourth-order valence-electron chi connectivity index (χ4n) is 2.43. The first-order chi connectivity index (χ1) is 7.25. The molecule has 0 bridgehead atoms. The molecule has 2 rings (SSSR count). The molecular formula is C11H18O4. The second kappa shape index (κ2) is 4.94. The monoisotopic (exact) mass is 214 g/mol. The molecule has 0 aromatic heterocycles. The van der Waals surface area contributed by atoms with Gasteiger partial charge in [0, 0.05) is 19.3 Å². The van der Waals surface area contributed by atoms with Gasteiger partial charge in [0.25, 0.3) is 0 Å². The van der Waals surface area contributed by atoms with Crippen molar-refractivity contribution in [2.24, 2.45) is 5.92 Å². The zero-order valence-corrected chi connectivity index (χ0v) is 9.11.